The number of azide groups is 1. The summed E-state index contributed by atoms with van der Waals surface area (Å²) in [5.74, 6) is 0.334. The topological polar surface area (TPSA) is 109 Å². The Labute approximate surface area is 256 Å². The van der Waals surface area contributed by atoms with Crippen LogP contribution in [0.1, 0.15) is 66.6 Å². The monoisotopic (exact) mass is 592 g/mol. The average Bonchev–Trinajstić information content (AvgIpc) is 3.34. The molecule has 5 rings (SSSR count). The summed E-state index contributed by atoms with van der Waals surface area (Å²) in [6.07, 6.45) is 8.51. The first-order chi connectivity index (χ1) is 21.5. The highest BCUT2D eigenvalue weighted by atomic mass is 19.1. The number of halogens is 1. The number of aryl methyl sites for hydroxylation is 1. The number of ether oxygens (including phenoxy) is 1. The van der Waals surface area contributed by atoms with Crippen LogP contribution in [0.2, 0.25) is 0 Å². The number of fused-ring (bicyclic) bond motifs is 1. The predicted molar refractivity (Wildman–Crippen MR) is 171 cm³/mol. The lowest BCUT2D eigenvalue weighted by Gasteiger charge is -2.13. The first-order valence-electron chi connectivity index (χ1n) is 15.2. The number of benzene rings is 3. The number of aromatic amines is 1. The summed E-state index contributed by atoms with van der Waals surface area (Å²) >= 11 is 0. The summed E-state index contributed by atoms with van der Waals surface area (Å²) in [6.45, 7) is 3.03. The third kappa shape index (κ3) is 7.94. The van der Waals surface area contributed by atoms with Crippen LogP contribution in [-0.4, -0.2) is 27.7 Å². The van der Waals surface area contributed by atoms with Crippen LogP contribution in [0, 0.1) is 12.7 Å². The molecule has 0 aromatic heterocycles. The van der Waals surface area contributed by atoms with Crippen molar-refractivity contribution in [1.82, 2.24) is 14.5 Å². The summed E-state index contributed by atoms with van der Waals surface area (Å²) in [7, 11) is 0. The van der Waals surface area contributed by atoms with Crippen molar-refractivity contribution in [2.45, 2.75) is 58.3 Å². The van der Waals surface area contributed by atoms with E-state index in [2.05, 4.69) is 15.0 Å². The second-order valence-electron chi connectivity index (χ2n) is 11.1. The maximum atomic E-state index is 14.9. The molecule has 0 aliphatic carbocycles. The minimum Gasteiger partial charge on any atom is -0.491 e. The maximum absolute atomic E-state index is 14.9. The van der Waals surface area contributed by atoms with E-state index in [1.165, 1.54) is 6.07 Å². The second kappa shape index (κ2) is 15.0. The third-order valence-electron chi connectivity index (χ3n) is 7.68. The van der Waals surface area contributed by atoms with E-state index in [1.807, 2.05) is 61.5 Å². The minimum atomic E-state index is -0.448. The van der Waals surface area contributed by atoms with Gasteiger partial charge in [0.25, 0.3) is 5.56 Å². The van der Waals surface area contributed by atoms with Crippen LogP contribution in [0.25, 0.3) is 27.5 Å². The lowest BCUT2D eigenvalue weighted by Crippen LogP contribution is -2.18. The fourth-order valence-electron chi connectivity index (χ4n) is 5.28. The number of hydrogen-bond donors (Lipinski definition) is 1. The van der Waals surface area contributed by atoms with Crippen molar-refractivity contribution in [3.8, 4) is 22.8 Å². The molecule has 3 aromatic carbocycles. The Kier molecular flexibility index (Phi) is 10.4. The van der Waals surface area contributed by atoms with Gasteiger partial charge in [-0.05, 0) is 54.1 Å². The van der Waals surface area contributed by atoms with Gasteiger partial charge in [-0.25, -0.2) is 9.37 Å². The van der Waals surface area contributed by atoms with Crippen molar-refractivity contribution in [3.05, 3.63) is 134 Å². The Bertz CT molecular complexity index is 1740. The Morgan fingerprint density at radius 2 is 1.68 bits per heavy atom. The number of rotatable bonds is 15. The van der Waals surface area contributed by atoms with Crippen LogP contribution >= 0.6 is 0 Å². The number of aromatic nitrogens is 3. The number of nitrogens with one attached hydrogen (secondary N) is 1. The van der Waals surface area contributed by atoms with Gasteiger partial charge in [0.1, 0.15) is 5.69 Å². The number of unbranched alkanes of at least 4 members (excludes halogenated alkanes) is 5. The third-order valence-corrected chi connectivity index (χ3v) is 7.68. The lowest BCUT2D eigenvalue weighted by atomic mass is 10.1. The van der Waals surface area contributed by atoms with Crippen molar-refractivity contribution in [2.24, 2.45) is 5.11 Å². The van der Waals surface area contributed by atoms with E-state index in [0.29, 0.717) is 36.6 Å². The van der Waals surface area contributed by atoms with Gasteiger partial charge in [-0.1, -0.05) is 97.0 Å². The highest BCUT2D eigenvalue weighted by Gasteiger charge is 2.21. The molecule has 9 heteroatoms. The molecule has 2 aliphatic rings. The first kappa shape index (κ1) is 30.6. The van der Waals surface area contributed by atoms with Gasteiger partial charge in [0.05, 0.1) is 18.0 Å². The molecule has 8 nitrogen and oxygen atoms in total. The van der Waals surface area contributed by atoms with Gasteiger partial charge >= 0.3 is 0 Å². The summed E-state index contributed by atoms with van der Waals surface area (Å²) in [6, 6.07) is 23.1. The van der Waals surface area contributed by atoms with Gasteiger partial charge < -0.3 is 9.72 Å². The van der Waals surface area contributed by atoms with Gasteiger partial charge in [0, 0.05) is 30.5 Å². The molecule has 2 aliphatic heterocycles. The van der Waals surface area contributed by atoms with E-state index in [-0.39, 0.29) is 17.7 Å². The SMILES string of the molecule is Cc1ccc(-c2cn3c(=O)c(Cc4ccc(OCCCCCCCCN=[N+]=[N-])c(F)c4)nc-3c(Cc3ccccc3)[nH]2)cc1. The molecular formula is C35H37FN6O2. The molecule has 3 aromatic rings. The Hall–Kier alpha value is -4.88. The number of imidazole rings is 1. The van der Waals surface area contributed by atoms with Gasteiger partial charge in [-0.3, -0.25) is 9.36 Å². The van der Waals surface area contributed by atoms with E-state index in [0.717, 1.165) is 66.6 Å². The quantitative estimate of drug-likeness (QED) is 0.0571. The molecule has 0 saturated carbocycles. The van der Waals surface area contributed by atoms with Crippen LogP contribution < -0.4 is 10.3 Å². The van der Waals surface area contributed by atoms with Crippen molar-refractivity contribution < 1.29 is 9.13 Å². The van der Waals surface area contributed by atoms with E-state index in [4.69, 9.17) is 15.3 Å². The normalized spacial score (nSPS) is 11.0. The second-order valence-corrected chi connectivity index (χ2v) is 11.1. The zero-order chi connectivity index (χ0) is 30.7. The molecule has 226 valence electrons. The Morgan fingerprint density at radius 3 is 2.43 bits per heavy atom. The lowest BCUT2D eigenvalue weighted by molar-refractivity contribution is 0.290. The summed E-state index contributed by atoms with van der Waals surface area (Å²) in [5.41, 5.74) is 14.0. The van der Waals surface area contributed by atoms with Crippen molar-refractivity contribution >= 4 is 0 Å². The fraction of sp³-hybridized carbons (Fsp3) is 0.314. The number of nitrogens with zero attached hydrogens (tertiary/aromatic N) is 5. The zero-order valence-corrected chi connectivity index (χ0v) is 25.0. The molecule has 0 unspecified atom stereocenters. The summed E-state index contributed by atoms with van der Waals surface area (Å²) in [5, 5.41) is 3.54. The summed E-state index contributed by atoms with van der Waals surface area (Å²) in [4.78, 5) is 24.6. The minimum absolute atomic E-state index is 0.210. The molecule has 0 atom stereocenters. The average molecular weight is 593 g/mol. The standard InChI is InChI=1S/C35H37FN6O2/c1-25-13-16-28(17-14-25)32-24-42-34(30(39-32)22-26-11-7-6-8-12-26)40-31(35(42)43)23-27-15-18-33(29(36)21-27)44-20-10-5-3-2-4-9-19-38-41-37/h6-8,11-18,21,24,39H,2-5,9-10,19-20,22-23H2,1H3. The van der Waals surface area contributed by atoms with Crippen LogP contribution in [0.15, 0.2) is 88.9 Å². The van der Waals surface area contributed by atoms with Crippen molar-refractivity contribution in [1.29, 1.82) is 0 Å². The van der Waals surface area contributed by atoms with Gasteiger partial charge in [-0.15, -0.1) is 0 Å². The maximum Gasteiger partial charge on any atom is 0.278 e. The van der Waals surface area contributed by atoms with Gasteiger partial charge in [0.15, 0.2) is 17.4 Å². The van der Waals surface area contributed by atoms with Crippen LogP contribution in [0.4, 0.5) is 4.39 Å². The highest BCUT2D eigenvalue weighted by molar-refractivity contribution is 5.60. The number of hydrogen-bond acceptors (Lipinski definition) is 4. The predicted octanol–water partition coefficient (Wildman–Crippen LogP) is 8.32. The van der Waals surface area contributed by atoms with Crippen LogP contribution in [-0.2, 0) is 12.8 Å². The first-order valence-corrected chi connectivity index (χ1v) is 15.2. The summed E-state index contributed by atoms with van der Waals surface area (Å²) < 4.78 is 22.2. The molecule has 0 radical (unpaired) electrons. The van der Waals surface area contributed by atoms with E-state index in [1.54, 1.807) is 22.9 Å². The van der Waals surface area contributed by atoms with E-state index >= 15 is 0 Å². The molecule has 2 heterocycles. The Morgan fingerprint density at radius 1 is 0.932 bits per heavy atom. The van der Waals surface area contributed by atoms with Crippen LogP contribution in [0.5, 0.6) is 5.75 Å². The smallest absolute Gasteiger partial charge is 0.278 e. The highest BCUT2D eigenvalue weighted by Crippen LogP contribution is 2.25. The molecule has 0 spiro atoms. The van der Waals surface area contributed by atoms with Crippen LogP contribution in [0.3, 0.4) is 0 Å². The molecule has 0 saturated heterocycles. The molecule has 0 amide bonds. The number of H-pyrrole nitrogens is 1. The Balaban J connectivity index is 1.28. The molecule has 1 N–H and O–H groups in total. The zero-order valence-electron chi connectivity index (χ0n) is 25.0. The van der Waals surface area contributed by atoms with E-state index < -0.39 is 5.82 Å². The van der Waals surface area contributed by atoms with Gasteiger partial charge in [-0.2, -0.15) is 0 Å². The molecule has 0 bridgehead atoms. The largest absolute Gasteiger partial charge is 0.491 e. The fourth-order valence-corrected chi connectivity index (χ4v) is 5.28. The van der Waals surface area contributed by atoms with Crippen molar-refractivity contribution in [3.63, 3.8) is 0 Å². The van der Waals surface area contributed by atoms with Gasteiger partial charge in [0.2, 0.25) is 0 Å². The molecular weight excluding hydrogens is 555 g/mol. The molecule has 44 heavy (non-hydrogen) atoms. The van der Waals surface area contributed by atoms with Crippen molar-refractivity contribution in [2.75, 3.05) is 13.2 Å². The van der Waals surface area contributed by atoms with E-state index in [9.17, 15) is 9.18 Å². The molecule has 0 fully saturated rings.